The molecule has 0 fully saturated rings. The van der Waals surface area contributed by atoms with E-state index in [0.29, 0.717) is 0 Å². The molecule has 244 valence electrons. The van der Waals surface area contributed by atoms with Gasteiger partial charge < -0.3 is 45.1 Å². The van der Waals surface area contributed by atoms with Crippen LogP contribution < -0.4 is 24.8 Å². The van der Waals surface area contributed by atoms with Gasteiger partial charge in [0.1, 0.15) is 0 Å². The van der Waals surface area contributed by atoms with Crippen molar-refractivity contribution in [3.63, 3.8) is 0 Å². The molecular weight excluding hydrogens is 790 g/mol. The van der Waals surface area contributed by atoms with Crippen molar-refractivity contribution >= 4 is 43.1 Å². The second-order valence-electron chi connectivity index (χ2n) is 11.5. The number of fused-ring (bicyclic) bond motifs is 4. The first kappa shape index (κ1) is 39.0. The fourth-order valence-corrected chi connectivity index (χ4v) is 6.39. The van der Waals surface area contributed by atoms with Gasteiger partial charge in [-0.05, 0) is 45.5 Å². The number of aryl methyl sites for hydroxylation is 2. The Morgan fingerprint density at radius 2 is 0.750 bits per heavy atom. The molecule has 0 aromatic heterocycles. The average molecular weight is 830 g/mol. The normalized spacial score (nSPS) is 10.2. The second kappa shape index (κ2) is 18.3. The first-order chi connectivity index (χ1) is 22.1. The van der Waals surface area contributed by atoms with E-state index in [1.165, 1.54) is 76.5 Å². The third-order valence-electron chi connectivity index (χ3n) is 8.60. The molecule has 0 atom stereocenters. The molecule has 0 aliphatic heterocycles. The number of hydrogen-bond acceptors (Lipinski definition) is 0. The van der Waals surface area contributed by atoms with E-state index in [9.17, 15) is 0 Å². The van der Waals surface area contributed by atoms with Gasteiger partial charge in [0.2, 0.25) is 0 Å². The van der Waals surface area contributed by atoms with Crippen molar-refractivity contribution in [2.24, 2.45) is 0 Å². The minimum absolute atomic E-state index is 0. The molecule has 0 aliphatic carbocycles. The summed E-state index contributed by atoms with van der Waals surface area (Å²) < 4.78 is 0. The van der Waals surface area contributed by atoms with Crippen LogP contribution in [-0.2, 0) is 38.7 Å². The summed E-state index contributed by atoms with van der Waals surface area (Å²) in [5.41, 5.74) is 8.15. The first-order valence-electron chi connectivity index (χ1n) is 16.1. The van der Waals surface area contributed by atoms with Crippen molar-refractivity contribution < 1.29 is 50.7 Å². The van der Waals surface area contributed by atoms with Crippen LogP contribution in [-0.4, -0.2) is 0 Å². The van der Waals surface area contributed by atoms with Crippen LogP contribution in [0.2, 0.25) is 0 Å². The first-order valence-corrected chi connectivity index (χ1v) is 16.1. The molecule has 0 radical (unpaired) electrons. The molecular formula is C45H40Cl2Hf-6. The molecule has 8 aromatic rings. The van der Waals surface area contributed by atoms with Crippen molar-refractivity contribution in [3.8, 4) is 22.3 Å². The van der Waals surface area contributed by atoms with Crippen LogP contribution in [0.3, 0.4) is 0 Å². The smallest absolute Gasteiger partial charge is 0 e. The number of hydrogen-bond donors (Lipinski definition) is 0. The van der Waals surface area contributed by atoms with Gasteiger partial charge in [0.25, 0.3) is 0 Å². The van der Waals surface area contributed by atoms with Gasteiger partial charge in [-0.2, -0.15) is 12.1 Å². The standard InChI is InChI=1S/2C21H17.C3H6.2ClH.Hf/c2*1-2-15-13-17-9-6-12-20(21(17)14-15)19-11-5-8-16-7-3-4-10-18(16)19;1-3-2;;;/h2*3-14H,2H2,1H3;1-3H2;2*1H;/q2*-1;-2;;;/p-2. The van der Waals surface area contributed by atoms with Crippen LogP contribution in [0, 0.1) is 13.8 Å². The predicted molar refractivity (Wildman–Crippen MR) is 199 cm³/mol. The minimum atomic E-state index is 0. The Morgan fingerprint density at radius 3 is 1.12 bits per heavy atom. The molecule has 0 heterocycles. The summed E-state index contributed by atoms with van der Waals surface area (Å²) in [6.07, 6.45) is 2.92. The maximum absolute atomic E-state index is 3.38. The molecule has 8 rings (SSSR count). The molecule has 0 saturated carbocycles. The van der Waals surface area contributed by atoms with E-state index < -0.39 is 0 Å². The summed E-state index contributed by atoms with van der Waals surface area (Å²) in [5.74, 6) is 0. The van der Waals surface area contributed by atoms with Gasteiger partial charge in [-0.1, -0.05) is 122 Å². The fourth-order valence-electron chi connectivity index (χ4n) is 6.39. The summed E-state index contributed by atoms with van der Waals surface area (Å²) in [6, 6.07) is 52.9. The van der Waals surface area contributed by atoms with Gasteiger partial charge in [-0.25, -0.2) is 0 Å². The topological polar surface area (TPSA) is 0 Å². The Hall–Kier alpha value is -3.49. The third kappa shape index (κ3) is 8.20. The van der Waals surface area contributed by atoms with Crippen molar-refractivity contribution in [1.29, 1.82) is 0 Å². The zero-order valence-electron chi connectivity index (χ0n) is 27.6. The van der Waals surface area contributed by atoms with E-state index in [2.05, 4.69) is 173 Å². The summed E-state index contributed by atoms with van der Waals surface area (Å²) in [4.78, 5) is 0. The zero-order chi connectivity index (χ0) is 31.2. The monoisotopic (exact) mass is 830 g/mol. The van der Waals surface area contributed by atoms with E-state index >= 15 is 0 Å². The van der Waals surface area contributed by atoms with E-state index in [-0.39, 0.29) is 50.7 Å². The fraction of sp³-hybridized carbons (Fsp3) is 0.111. The predicted octanol–water partition coefficient (Wildman–Crippen LogP) is 6.93. The van der Waals surface area contributed by atoms with Crippen molar-refractivity contribution in [1.82, 2.24) is 0 Å². The van der Waals surface area contributed by atoms with Gasteiger partial charge in [0, 0.05) is 25.8 Å². The van der Waals surface area contributed by atoms with Crippen molar-refractivity contribution in [2.45, 2.75) is 33.1 Å². The molecule has 0 saturated heterocycles. The Balaban J connectivity index is 0.000000228. The average Bonchev–Trinajstić information content (AvgIpc) is 3.73. The number of rotatable bonds is 4. The SMILES string of the molecule is CCc1cc2c(-c3cccc4ccccc34)cccc2[cH-]1.CCc1cc2c(-c3cccc4ccccc34)cccc2[cH-]1.[CH2-]C[CH2-].[Cl-].[Cl-].[Hf]. The van der Waals surface area contributed by atoms with Crippen molar-refractivity contribution in [3.05, 3.63) is 171 Å². The van der Waals surface area contributed by atoms with E-state index in [1.807, 2.05) is 0 Å². The van der Waals surface area contributed by atoms with E-state index in [4.69, 9.17) is 0 Å². The van der Waals surface area contributed by atoms with E-state index in [0.717, 1.165) is 19.3 Å². The minimum Gasteiger partial charge on any atom is -1.00 e. The molecule has 8 aromatic carbocycles. The molecule has 48 heavy (non-hydrogen) atoms. The summed E-state index contributed by atoms with van der Waals surface area (Å²) in [6.45, 7) is 11.2. The largest absolute Gasteiger partial charge is 1.00 e. The number of halogens is 2. The molecule has 0 aliphatic rings. The van der Waals surface area contributed by atoms with Crippen molar-refractivity contribution in [2.75, 3.05) is 0 Å². The Labute approximate surface area is 317 Å². The van der Waals surface area contributed by atoms with Crippen LogP contribution in [0.4, 0.5) is 0 Å². The van der Waals surface area contributed by atoms with Crippen LogP contribution in [0.5, 0.6) is 0 Å². The molecule has 0 spiro atoms. The van der Waals surface area contributed by atoms with Gasteiger partial charge in [0.05, 0.1) is 0 Å². The molecule has 0 unspecified atom stereocenters. The van der Waals surface area contributed by atoms with Crippen LogP contribution in [0.1, 0.15) is 31.4 Å². The van der Waals surface area contributed by atoms with Gasteiger partial charge >= 0.3 is 0 Å². The number of benzene rings is 6. The van der Waals surface area contributed by atoms with Crippen LogP contribution in [0.25, 0.3) is 65.3 Å². The quantitative estimate of drug-likeness (QED) is 0.134. The maximum Gasteiger partial charge on any atom is 0 e. The third-order valence-corrected chi connectivity index (χ3v) is 8.60. The van der Waals surface area contributed by atoms with Gasteiger partial charge in [-0.15, -0.1) is 69.1 Å². The van der Waals surface area contributed by atoms with E-state index in [1.54, 1.807) is 0 Å². The molecule has 0 bridgehead atoms. The Kier molecular flexibility index (Phi) is 14.9. The van der Waals surface area contributed by atoms with Gasteiger partial charge in [-0.3, -0.25) is 0 Å². The molecule has 0 N–H and O–H groups in total. The Bertz CT molecular complexity index is 2030. The van der Waals surface area contributed by atoms with Crippen LogP contribution >= 0.6 is 0 Å². The molecule has 3 heteroatoms. The summed E-state index contributed by atoms with van der Waals surface area (Å²) >= 11 is 0. The molecule has 0 nitrogen and oxygen atoms in total. The molecule has 0 amide bonds. The second-order valence-corrected chi connectivity index (χ2v) is 11.5. The van der Waals surface area contributed by atoms with Gasteiger partial charge in [0.15, 0.2) is 0 Å². The Morgan fingerprint density at radius 1 is 0.438 bits per heavy atom. The zero-order valence-corrected chi connectivity index (χ0v) is 32.8. The summed E-state index contributed by atoms with van der Waals surface area (Å²) in [5, 5.41) is 10.7. The summed E-state index contributed by atoms with van der Waals surface area (Å²) in [7, 11) is 0. The maximum atomic E-state index is 3.38. The van der Waals surface area contributed by atoms with Crippen LogP contribution in [0.15, 0.2) is 146 Å².